The van der Waals surface area contributed by atoms with Crippen molar-refractivity contribution in [3.8, 4) is 6.07 Å². The van der Waals surface area contributed by atoms with Crippen molar-refractivity contribution in [2.75, 3.05) is 5.32 Å². The molecule has 84 valence electrons. The number of hydrogen-bond acceptors (Lipinski definition) is 4. The highest BCUT2D eigenvalue weighted by molar-refractivity contribution is 5.77. The second kappa shape index (κ2) is 5.12. The molecule has 5 nitrogen and oxygen atoms in total. The van der Waals surface area contributed by atoms with Gasteiger partial charge in [0.15, 0.2) is 0 Å². The fourth-order valence-electron chi connectivity index (χ4n) is 1.31. The van der Waals surface area contributed by atoms with Crippen LogP contribution in [0, 0.1) is 18.3 Å². The van der Waals surface area contributed by atoms with Gasteiger partial charge in [0, 0.05) is 6.20 Å². The molecular weight excluding hydrogens is 206 g/mol. The predicted molar refractivity (Wildman–Crippen MR) is 59.0 cm³/mol. The van der Waals surface area contributed by atoms with Gasteiger partial charge in [0.05, 0.1) is 5.56 Å². The third-order valence-electron chi connectivity index (χ3n) is 2.29. The molecule has 0 fully saturated rings. The molecule has 0 saturated heterocycles. The van der Waals surface area contributed by atoms with Gasteiger partial charge in [0.2, 0.25) is 0 Å². The number of anilines is 1. The van der Waals surface area contributed by atoms with Gasteiger partial charge in [-0.25, -0.2) is 9.78 Å². The van der Waals surface area contributed by atoms with Crippen molar-refractivity contribution < 1.29 is 9.90 Å². The molecule has 0 aliphatic carbocycles. The molecule has 1 aromatic heterocycles. The first-order valence-electron chi connectivity index (χ1n) is 4.95. The molecule has 0 radical (unpaired) electrons. The fraction of sp³-hybridized carbons (Fsp3) is 0.364. The Hall–Kier alpha value is -2.09. The van der Waals surface area contributed by atoms with Crippen LogP contribution in [0.5, 0.6) is 0 Å². The van der Waals surface area contributed by atoms with E-state index in [9.17, 15) is 4.79 Å². The van der Waals surface area contributed by atoms with Crippen LogP contribution >= 0.6 is 0 Å². The smallest absolute Gasteiger partial charge is 0.326 e. The Morgan fingerprint density at radius 2 is 2.44 bits per heavy atom. The second-order valence-corrected chi connectivity index (χ2v) is 3.41. The molecule has 0 aliphatic rings. The molecule has 0 saturated carbocycles. The minimum atomic E-state index is -0.949. The summed E-state index contributed by atoms with van der Waals surface area (Å²) >= 11 is 0. The van der Waals surface area contributed by atoms with E-state index in [1.54, 1.807) is 26.1 Å². The highest BCUT2D eigenvalue weighted by Crippen LogP contribution is 2.16. The number of aliphatic carboxylic acids is 1. The summed E-state index contributed by atoms with van der Waals surface area (Å²) in [5, 5.41) is 20.6. The molecule has 0 aromatic carbocycles. The molecule has 0 spiro atoms. The largest absolute Gasteiger partial charge is 0.480 e. The molecule has 1 aromatic rings. The lowest BCUT2D eigenvalue weighted by Crippen LogP contribution is -2.29. The predicted octanol–water partition coefficient (Wildman–Crippen LogP) is 1.54. The Balaban J connectivity index is 3.02. The second-order valence-electron chi connectivity index (χ2n) is 3.41. The maximum Gasteiger partial charge on any atom is 0.326 e. The van der Waals surface area contributed by atoms with Crippen LogP contribution < -0.4 is 5.32 Å². The molecule has 0 bridgehead atoms. The normalized spacial score (nSPS) is 11.6. The van der Waals surface area contributed by atoms with Crippen molar-refractivity contribution in [2.45, 2.75) is 26.3 Å². The van der Waals surface area contributed by atoms with Crippen LogP contribution in [-0.4, -0.2) is 22.1 Å². The summed E-state index contributed by atoms with van der Waals surface area (Å²) in [5.74, 6) is -0.619. The van der Waals surface area contributed by atoms with E-state index < -0.39 is 12.0 Å². The molecular formula is C11H13N3O2. The number of hydrogen-bond donors (Lipinski definition) is 2. The summed E-state index contributed by atoms with van der Waals surface area (Å²) in [5.41, 5.74) is 1.17. The van der Waals surface area contributed by atoms with Gasteiger partial charge in [0.1, 0.15) is 17.9 Å². The van der Waals surface area contributed by atoms with Gasteiger partial charge in [-0.15, -0.1) is 0 Å². The molecule has 5 heteroatoms. The minimum Gasteiger partial charge on any atom is -0.480 e. The van der Waals surface area contributed by atoms with Crippen molar-refractivity contribution in [1.29, 1.82) is 5.26 Å². The molecule has 1 atom stereocenters. The Labute approximate surface area is 93.7 Å². The number of pyridine rings is 1. The number of carboxylic acids is 1. The van der Waals surface area contributed by atoms with E-state index >= 15 is 0 Å². The van der Waals surface area contributed by atoms with Gasteiger partial charge in [-0.2, -0.15) is 5.26 Å². The Bertz CT molecular complexity index is 437. The lowest BCUT2D eigenvalue weighted by atomic mass is 10.1. The van der Waals surface area contributed by atoms with E-state index in [-0.39, 0.29) is 0 Å². The zero-order chi connectivity index (χ0) is 12.1. The molecule has 1 unspecified atom stereocenters. The van der Waals surface area contributed by atoms with Crippen molar-refractivity contribution in [3.63, 3.8) is 0 Å². The maximum atomic E-state index is 10.8. The van der Waals surface area contributed by atoms with Gasteiger partial charge in [-0.05, 0) is 25.0 Å². The minimum absolute atomic E-state index is 0.330. The SMILES string of the molecule is CCC(Nc1nccc(C)c1C#N)C(=O)O. The number of carbonyl (C=O) groups is 1. The molecule has 1 heterocycles. The lowest BCUT2D eigenvalue weighted by Gasteiger charge is -2.14. The first kappa shape index (κ1) is 12.0. The number of aromatic nitrogens is 1. The van der Waals surface area contributed by atoms with Crippen molar-refractivity contribution in [2.24, 2.45) is 0 Å². The van der Waals surface area contributed by atoms with Gasteiger partial charge < -0.3 is 10.4 Å². The fourth-order valence-corrected chi connectivity index (χ4v) is 1.31. The van der Waals surface area contributed by atoms with Gasteiger partial charge in [-0.1, -0.05) is 6.92 Å². The van der Waals surface area contributed by atoms with Crippen LogP contribution in [0.1, 0.15) is 24.5 Å². The van der Waals surface area contributed by atoms with Crippen molar-refractivity contribution in [1.82, 2.24) is 4.98 Å². The third kappa shape index (κ3) is 2.48. The highest BCUT2D eigenvalue weighted by Gasteiger charge is 2.17. The van der Waals surface area contributed by atoms with Crippen LogP contribution in [0.3, 0.4) is 0 Å². The number of nitrogens with one attached hydrogen (secondary N) is 1. The Kier molecular flexibility index (Phi) is 3.84. The molecule has 0 amide bonds. The average molecular weight is 219 g/mol. The van der Waals surface area contributed by atoms with Gasteiger partial charge in [-0.3, -0.25) is 0 Å². The van der Waals surface area contributed by atoms with Gasteiger partial charge >= 0.3 is 5.97 Å². The van der Waals surface area contributed by atoms with Crippen LogP contribution in [0.2, 0.25) is 0 Å². The number of nitriles is 1. The summed E-state index contributed by atoms with van der Waals surface area (Å²) in [7, 11) is 0. The van der Waals surface area contributed by atoms with Crippen LogP contribution in [-0.2, 0) is 4.79 Å². The summed E-state index contributed by atoms with van der Waals surface area (Å²) < 4.78 is 0. The van der Waals surface area contributed by atoms with E-state index in [1.165, 1.54) is 0 Å². The first-order valence-corrected chi connectivity index (χ1v) is 4.95. The summed E-state index contributed by atoms with van der Waals surface area (Å²) in [6.07, 6.45) is 1.98. The number of aryl methyl sites for hydroxylation is 1. The Morgan fingerprint density at radius 1 is 1.75 bits per heavy atom. The number of carboxylic acid groups (broad SMARTS) is 1. The monoisotopic (exact) mass is 219 g/mol. The topological polar surface area (TPSA) is 86.0 Å². The summed E-state index contributed by atoms with van der Waals surface area (Å²) in [6.45, 7) is 3.54. The maximum absolute atomic E-state index is 10.8. The van der Waals surface area contributed by atoms with Crippen LogP contribution in [0.4, 0.5) is 5.82 Å². The average Bonchev–Trinajstić information content (AvgIpc) is 2.25. The lowest BCUT2D eigenvalue weighted by molar-refractivity contribution is -0.137. The Morgan fingerprint density at radius 3 is 2.94 bits per heavy atom. The number of rotatable bonds is 4. The zero-order valence-corrected chi connectivity index (χ0v) is 9.19. The summed E-state index contributed by atoms with van der Waals surface area (Å²) in [4.78, 5) is 14.8. The van der Waals surface area contributed by atoms with E-state index in [1.807, 2.05) is 6.07 Å². The van der Waals surface area contributed by atoms with E-state index in [4.69, 9.17) is 10.4 Å². The summed E-state index contributed by atoms with van der Waals surface area (Å²) in [6, 6.07) is 3.01. The molecule has 1 rings (SSSR count). The first-order chi connectivity index (χ1) is 7.60. The van der Waals surface area contributed by atoms with E-state index in [0.717, 1.165) is 5.56 Å². The van der Waals surface area contributed by atoms with Gasteiger partial charge in [0.25, 0.3) is 0 Å². The van der Waals surface area contributed by atoms with E-state index in [2.05, 4.69) is 10.3 Å². The highest BCUT2D eigenvalue weighted by atomic mass is 16.4. The van der Waals surface area contributed by atoms with Crippen molar-refractivity contribution >= 4 is 11.8 Å². The molecule has 2 N–H and O–H groups in total. The molecule has 0 aliphatic heterocycles. The standard InChI is InChI=1S/C11H13N3O2/c1-3-9(11(15)16)14-10-8(6-12)7(2)4-5-13-10/h4-5,9H,3H2,1-2H3,(H,13,14)(H,15,16). The van der Waals surface area contributed by atoms with Crippen LogP contribution in [0.15, 0.2) is 12.3 Å². The van der Waals surface area contributed by atoms with E-state index in [0.29, 0.717) is 17.8 Å². The third-order valence-corrected chi connectivity index (χ3v) is 2.29. The molecule has 16 heavy (non-hydrogen) atoms. The quantitative estimate of drug-likeness (QED) is 0.802. The van der Waals surface area contributed by atoms with Crippen molar-refractivity contribution in [3.05, 3.63) is 23.4 Å². The zero-order valence-electron chi connectivity index (χ0n) is 9.19. The number of nitrogens with zero attached hydrogens (tertiary/aromatic N) is 2. The van der Waals surface area contributed by atoms with Crippen LogP contribution in [0.25, 0.3) is 0 Å².